The maximum Gasteiger partial charge on any atom is 0.126 e. The van der Waals surface area contributed by atoms with Gasteiger partial charge in [0.05, 0.1) is 6.10 Å². The first-order chi connectivity index (χ1) is 8.99. The topological polar surface area (TPSA) is 23.5 Å². The summed E-state index contributed by atoms with van der Waals surface area (Å²) < 4.78 is 13.5. The molecule has 19 heavy (non-hydrogen) atoms. The number of aliphatic hydroxyl groups excluding tert-OH is 1. The molecule has 0 spiro atoms. The van der Waals surface area contributed by atoms with E-state index in [0.717, 1.165) is 12.5 Å². The Morgan fingerprint density at radius 3 is 2.68 bits per heavy atom. The van der Waals surface area contributed by atoms with Crippen molar-refractivity contribution in [2.45, 2.75) is 45.3 Å². The molecule has 2 unspecified atom stereocenters. The van der Waals surface area contributed by atoms with Crippen LogP contribution in [0.25, 0.3) is 0 Å². The molecular formula is C16H24FNO. The fraction of sp³-hybridized carbons (Fsp3) is 0.625. The van der Waals surface area contributed by atoms with E-state index in [2.05, 4.69) is 18.9 Å². The summed E-state index contributed by atoms with van der Waals surface area (Å²) in [6, 6.07) is 5.57. The van der Waals surface area contributed by atoms with E-state index in [1.54, 1.807) is 13.0 Å². The number of hydrogen-bond donors (Lipinski definition) is 1. The fourth-order valence-corrected chi connectivity index (χ4v) is 2.45. The summed E-state index contributed by atoms with van der Waals surface area (Å²) in [6.45, 7) is 4.82. The van der Waals surface area contributed by atoms with Gasteiger partial charge in [0.1, 0.15) is 5.82 Å². The van der Waals surface area contributed by atoms with Crippen LogP contribution in [0, 0.1) is 18.7 Å². The van der Waals surface area contributed by atoms with Crippen molar-refractivity contribution in [3.8, 4) is 0 Å². The number of rotatable bonds is 6. The van der Waals surface area contributed by atoms with Crippen LogP contribution in [0.5, 0.6) is 0 Å². The second-order valence-electron chi connectivity index (χ2n) is 5.87. The van der Waals surface area contributed by atoms with Crippen LogP contribution < -0.4 is 0 Å². The van der Waals surface area contributed by atoms with E-state index in [1.165, 1.54) is 18.9 Å². The van der Waals surface area contributed by atoms with Crippen LogP contribution in [-0.4, -0.2) is 29.6 Å². The maximum absolute atomic E-state index is 13.5. The van der Waals surface area contributed by atoms with Crippen molar-refractivity contribution in [3.63, 3.8) is 0 Å². The normalized spacial score (nSPS) is 18.6. The lowest BCUT2D eigenvalue weighted by Gasteiger charge is -2.25. The predicted molar refractivity (Wildman–Crippen MR) is 75.5 cm³/mol. The molecule has 0 bridgehead atoms. The molecule has 0 radical (unpaired) electrons. The average Bonchev–Trinajstić information content (AvgIpc) is 3.22. The van der Waals surface area contributed by atoms with Crippen LogP contribution >= 0.6 is 0 Å². The molecule has 1 aliphatic carbocycles. The zero-order valence-corrected chi connectivity index (χ0v) is 12.1. The molecule has 2 nitrogen and oxygen atoms in total. The Morgan fingerprint density at radius 2 is 2.11 bits per heavy atom. The van der Waals surface area contributed by atoms with Gasteiger partial charge < -0.3 is 10.0 Å². The molecule has 1 fully saturated rings. The minimum Gasteiger partial charge on any atom is -0.388 e. The van der Waals surface area contributed by atoms with Gasteiger partial charge in [0.15, 0.2) is 0 Å². The molecule has 2 atom stereocenters. The van der Waals surface area contributed by atoms with Crippen LogP contribution in [0.4, 0.5) is 4.39 Å². The van der Waals surface area contributed by atoms with E-state index in [0.29, 0.717) is 23.6 Å². The van der Waals surface area contributed by atoms with Crippen LogP contribution in [0.15, 0.2) is 18.2 Å². The summed E-state index contributed by atoms with van der Waals surface area (Å²) in [4.78, 5) is 2.30. The van der Waals surface area contributed by atoms with Crippen LogP contribution in [0.2, 0.25) is 0 Å². The lowest BCUT2D eigenvalue weighted by molar-refractivity contribution is 0.134. The highest BCUT2D eigenvalue weighted by Crippen LogP contribution is 2.34. The molecule has 0 amide bonds. The van der Waals surface area contributed by atoms with Crippen molar-refractivity contribution < 1.29 is 9.50 Å². The van der Waals surface area contributed by atoms with E-state index < -0.39 is 6.10 Å². The van der Waals surface area contributed by atoms with Crippen molar-refractivity contribution >= 4 is 0 Å². The Morgan fingerprint density at radius 1 is 1.42 bits per heavy atom. The quantitative estimate of drug-likeness (QED) is 0.853. The maximum atomic E-state index is 13.5. The number of nitrogens with zero attached hydrogens (tertiary/aromatic N) is 1. The number of benzene rings is 1. The summed E-state index contributed by atoms with van der Waals surface area (Å²) in [6.07, 6.45) is 2.73. The summed E-state index contributed by atoms with van der Waals surface area (Å²) >= 11 is 0. The standard InChI is InChI=1S/C16H24FNO/c1-11-4-5-14(10-15(11)17)16(19)8-9-18(3)12(2)13-6-7-13/h4-5,10,12-13,16,19H,6-9H2,1-3H3. The van der Waals surface area contributed by atoms with Gasteiger partial charge in [-0.05, 0) is 63.3 Å². The minimum atomic E-state index is -0.580. The highest BCUT2D eigenvalue weighted by Gasteiger charge is 2.30. The minimum absolute atomic E-state index is 0.240. The number of aliphatic hydroxyl groups is 1. The zero-order chi connectivity index (χ0) is 14.0. The Hall–Kier alpha value is -0.930. The zero-order valence-electron chi connectivity index (χ0n) is 12.1. The van der Waals surface area contributed by atoms with Crippen LogP contribution in [0.1, 0.15) is 43.4 Å². The third-order valence-corrected chi connectivity index (χ3v) is 4.34. The van der Waals surface area contributed by atoms with Gasteiger partial charge >= 0.3 is 0 Å². The molecule has 2 rings (SSSR count). The van der Waals surface area contributed by atoms with Gasteiger partial charge in [-0.2, -0.15) is 0 Å². The van der Waals surface area contributed by atoms with Gasteiger partial charge in [0.2, 0.25) is 0 Å². The van der Waals surface area contributed by atoms with E-state index in [9.17, 15) is 9.50 Å². The van der Waals surface area contributed by atoms with Gasteiger partial charge in [-0.25, -0.2) is 4.39 Å². The Kier molecular flexibility index (Phi) is 4.58. The number of aryl methyl sites for hydroxylation is 1. The Labute approximate surface area is 115 Å². The summed E-state index contributed by atoms with van der Waals surface area (Å²) in [5.41, 5.74) is 1.30. The second-order valence-corrected chi connectivity index (χ2v) is 5.87. The number of hydrogen-bond acceptors (Lipinski definition) is 2. The third-order valence-electron chi connectivity index (χ3n) is 4.34. The van der Waals surface area contributed by atoms with E-state index >= 15 is 0 Å². The van der Waals surface area contributed by atoms with Crippen molar-refractivity contribution in [2.75, 3.05) is 13.6 Å². The second kappa shape index (κ2) is 6.02. The van der Waals surface area contributed by atoms with Gasteiger partial charge in [-0.1, -0.05) is 12.1 Å². The molecule has 1 aromatic carbocycles. The van der Waals surface area contributed by atoms with Gasteiger partial charge in [0, 0.05) is 12.6 Å². The van der Waals surface area contributed by atoms with Crippen molar-refractivity contribution in [2.24, 2.45) is 5.92 Å². The van der Waals surface area contributed by atoms with Gasteiger partial charge in [0.25, 0.3) is 0 Å². The predicted octanol–water partition coefficient (Wildman–Crippen LogP) is 3.29. The van der Waals surface area contributed by atoms with E-state index in [4.69, 9.17) is 0 Å². The first-order valence-corrected chi connectivity index (χ1v) is 7.13. The largest absolute Gasteiger partial charge is 0.388 e. The Balaban J connectivity index is 1.86. The fourth-order valence-electron chi connectivity index (χ4n) is 2.45. The Bertz CT molecular complexity index is 431. The average molecular weight is 265 g/mol. The van der Waals surface area contributed by atoms with Crippen molar-refractivity contribution in [1.29, 1.82) is 0 Å². The van der Waals surface area contributed by atoms with Gasteiger partial charge in [-0.3, -0.25) is 0 Å². The van der Waals surface area contributed by atoms with Crippen molar-refractivity contribution in [1.82, 2.24) is 4.90 Å². The molecule has 0 saturated heterocycles. The van der Waals surface area contributed by atoms with Gasteiger partial charge in [-0.15, -0.1) is 0 Å². The molecule has 106 valence electrons. The molecule has 0 aliphatic heterocycles. The molecule has 0 aromatic heterocycles. The lowest BCUT2D eigenvalue weighted by atomic mass is 10.0. The molecule has 0 heterocycles. The first-order valence-electron chi connectivity index (χ1n) is 7.13. The molecule has 1 N–H and O–H groups in total. The van der Waals surface area contributed by atoms with E-state index in [1.807, 2.05) is 6.07 Å². The molecular weight excluding hydrogens is 241 g/mol. The molecule has 3 heteroatoms. The molecule has 1 aromatic rings. The van der Waals surface area contributed by atoms with Crippen molar-refractivity contribution in [3.05, 3.63) is 35.1 Å². The van der Waals surface area contributed by atoms with Crippen LogP contribution in [0.3, 0.4) is 0 Å². The molecule has 1 aliphatic rings. The smallest absolute Gasteiger partial charge is 0.126 e. The first kappa shape index (κ1) is 14.5. The van der Waals surface area contributed by atoms with E-state index in [-0.39, 0.29) is 5.82 Å². The highest BCUT2D eigenvalue weighted by atomic mass is 19.1. The summed E-state index contributed by atoms with van der Waals surface area (Å²) in [7, 11) is 2.10. The number of halogens is 1. The summed E-state index contributed by atoms with van der Waals surface area (Å²) in [5, 5.41) is 10.1. The SMILES string of the molecule is Cc1ccc(C(O)CCN(C)C(C)C2CC2)cc1F. The third kappa shape index (κ3) is 3.77. The van der Waals surface area contributed by atoms with Crippen LogP contribution in [-0.2, 0) is 0 Å². The monoisotopic (exact) mass is 265 g/mol. The lowest BCUT2D eigenvalue weighted by Crippen LogP contribution is -2.32. The molecule has 1 saturated carbocycles. The highest BCUT2D eigenvalue weighted by molar-refractivity contribution is 5.24. The summed E-state index contributed by atoms with van der Waals surface area (Å²) in [5.74, 6) is 0.593.